The average molecular weight is 327 g/mol. The number of fused-ring (bicyclic) bond motifs is 1. The smallest absolute Gasteiger partial charge is 0.330 e. The van der Waals surface area contributed by atoms with Crippen molar-refractivity contribution in [1.82, 2.24) is 24.0 Å². The molecule has 0 saturated carbocycles. The molecule has 7 heteroatoms. The molecule has 0 atom stereocenters. The highest BCUT2D eigenvalue weighted by Gasteiger charge is 2.06. The summed E-state index contributed by atoms with van der Waals surface area (Å²) in [6.45, 7) is 2.09. The molecule has 0 fully saturated rings. The van der Waals surface area contributed by atoms with Gasteiger partial charge >= 0.3 is 5.69 Å². The minimum Gasteiger partial charge on any atom is -0.331 e. The van der Waals surface area contributed by atoms with E-state index >= 15 is 0 Å². The SMILES string of the molecule is Cn1cc(CNCCCn2cnc3ccccc32)c(=O)n(C)c1=O. The molecule has 0 unspecified atom stereocenters. The summed E-state index contributed by atoms with van der Waals surface area (Å²) in [5, 5.41) is 3.26. The Morgan fingerprint density at radius 1 is 1.17 bits per heavy atom. The summed E-state index contributed by atoms with van der Waals surface area (Å²) >= 11 is 0. The van der Waals surface area contributed by atoms with Crippen LogP contribution in [0.15, 0.2) is 46.4 Å². The molecule has 1 N–H and O–H groups in total. The molecular formula is C17H21N5O2. The summed E-state index contributed by atoms with van der Waals surface area (Å²) in [4.78, 5) is 28.1. The summed E-state index contributed by atoms with van der Waals surface area (Å²) in [6.07, 6.45) is 4.38. The van der Waals surface area contributed by atoms with Crippen LogP contribution in [0.2, 0.25) is 0 Å². The largest absolute Gasteiger partial charge is 0.331 e. The zero-order valence-electron chi connectivity index (χ0n) is 13.9. The van der Waals surface area contributed by atoms with Gasteiger partial charge < -0.3 is 14.5 Å². The second kappa shape index (κ2) is 6.84. The minimum atomic E-state index is -0.310. The first-order valence-electron chi connectivity index (χ1n) is 7.94. The molecule has 0 aliphatic rings. The topological polar surface area (TPSA) is 73.8 Å². The van der Waals surface area contributed by atoms with Crippen molar-refractivity contribution in [3.05, 3.63) is 63.2 Å². The van der Waals surface area contributed by atoms with Crippen LogP contribution in [-0.2, 0) is 27.2 Å². The van der Waals surface area contributed by atoms with Gasteiger partial charge in [-0.05, 0) is 25.1 Å². The number of nitrogens with one attached hydrogen (secondary N) is 1. The van der Waals surface area contributed by atoms with Crippen LogP contribution in [0.1, 0.15) is 12.0 Å². The number of nitrogens with zero attached hydrogens (tertiary/aromatic N) is 4. The number of rotatable bonds is 6. The van der Waals surface area contributed by atoms with E-state index in [1.165, 1.54) is 11.6 Å². The molecule has 1 aromatic carbocycles. The Bertz CT molecular complexity index is 967. The van der Waals surface area contributed by atoms with Crippen LogP contribution in [0.5, 0.6) is 0 Å². The number of benzene rings is 1. The van der Waals surface area contributed by atoms with Gasteiger partial charge in [0.2, 0.25) is 0 Å². The van der Waals surface area contributed by atoms with E-state index in [1.807, 2.05) is 24.5 Å². The molecule has 3 aromatic rings. The van der Waals surface area contributed by atoms with Crippen LogP contribution in [0, 0.1) is 0 Å². The number of para-hydroxylation sites is 2. The standard InChI is InChI=1S/C17H21N5O2/c1-20-11-13(16(23)21(2)17(20)24)10-18-8-5-9-22-12-19-14-6-3-4-7-15(14)22/h3-4,6-7,11-12,18H,5,8-10H2,1-2H3. The zero-order chi connectivity index (χ0) is 17.1. The van der Waals surface area contributed by atoms with Crippen molar-refractivity contribution in [2.45, 2.75) is 19.5 Å². The summed E-state index contributed by atoms with van der Waals surface area (Å²) in [6, 6.07) is 8.05. The van der Waals surface area contributed by atoms with Gasteiger partial charge in [-0.2, -0.15) is 0 Å². The molecule has 3 rings (SSSR count). The molecule has 0 saturated heterocycles. The fourth-order valence-electron chi connectivity index (χ4n) is 2.79. The van der Waals surface area contributed by atoms with Gasteiger partial charge in [0.25, 0.3) is 5.56 Å². The molecule has 0 aliphatic carbocycles. The summed E-state index contributed by atoms with van der Waals surface area (Å²) in [5.74, 6) is 0. The maximum atomic E-state index is 12.0. The predicted octanol–water partition coefficient (Wildman–Crippen LogP) is 0.614. The predicted molar refractivity (Wildman–Crippen MR) is 93.0 cm³/mol. The van der Waals surface area contributed by atoms with E-state index in [0.29, 0.717) is 12.1 Å². The van der Waals surface area contributed by atoms with Crippen LogP contribution in [0.25, 0.3) is 11.0 Å². The third-order valence-electron chi connectivity index (χ3n) is 4.11. The van der Waals surface area contributed by atoms with Crippen molar-refractivity contribution in [3.63, 3.8) is 0 Å². The van der Waals surface area contributed by atoms with Crippen molar-refractivity contribution in [3.8, 4) is 0 Å². The molecule has 7 nitrogen and oxygen atoms in total. The Hall–Kier alpha value is -2.67. The highest BCUT2D eigenvalue weighted by atomic mass is 16.2. The maximum absolute atomic E-state index is 12.0. The molecular weight excluding hydrogens is 306 g/mol. The van der Waals surface area contributed by atoms with E-state index in [-0.39, 0.29) is 11.2 Å². The average Bonchev–Trinajstić information content (AvgIpc) is 3.00. The fourth-order valence-corrected chi connectivity index (χ4v) is 2.79. The highest BCUT2D eigenvalue weighted by molar-refractivity contribution is 5.74. The molecule has 0 aliphatic heterocycles. The lowest BCUT2D eigenvalue weighted by Gasteiger charge is -2.08. The zero-order valence-corrected chi connectivity index (χ0v) is 13.9. The molecule has 0 bridgehead atoms. The van der Waals surface area contributed by atoms with E-state index in [2.05, 4.69) is 20.9 Å². The van der Waals surface area contributed by atoms with Gasteiger partial charge in [0, 0.05) is 38.9 Å². The molecule has 2 heterocycles. The van der Waals surface area contributed by atoms with Gasteiger partial charge in [0.05, 0.1) is 17.4 Å². The van der Waals surface area contributed by atoms with Gasteiger partial charge in [0.1, 0.15) is 0 Å². The Kier molecular flexibility index (Phi) is 4.61. The van der Waals surface area contributed by atoms with E-state index in [1.54, 1.807) is 13.2 Å². The van der Waals surface area contributed by atoms with Gasteiger partial charge in [0.15, 0.2) is 0 Å². The Morgan fingerprint density at radius 3 is 2.79 bits per heavy atom. The van der Waals surface area contributed by atoms with Crippen LogP contribution >= 0.6 is 0 Å². The van der Waals surface area contributed by atoms with Gasteiger partial charge in [-0.15, -0.1) is 0 Å². The number of imidazole rings is 1. The third-order valence-corrected chi connectivity index (χ3v) is 4.11. The third kappa shape index (κ3) is 3.16. The summed E-state index contributed by atoms with van der Waals surface area (Å²) in [7, 11) is 3.15. The first kappa shape index (κ1) is 16.2. The van der Waals surface area contributed by atoms with Crippen LogP contribution in [0.3, 0.4) is 0 Å². The number of aromatic nitrogens is 4. The molecule has 126 valence electrons. The highest BCUT2D eigenvalue weighted by Crippen LogP contribution is 2.11. The molecule has 2 aromatic heterocycles. The quantitative estimate of drug-likeness (QED) is 0.673. The van der Waals surface area contributed by atoms with Gasteiger partial charge in [-0.3, -0.25) is 9.36 Å². The monoisotopic (exact) mass is 327 g/mol. The van der Waals surface area contributed by atoms with Crippen molar-refractivity contribution in [2.24, 2.45) is 14.1 Å². The van der Waals surface area contributed by atoms with Crippen molar-refractivity contribution in [2.75, 3.05) is 6.54 Å². The maximum Gasteiger partial charge on any atom is 0.330 e. The Balaban J connectivity index is 1.55. The van der Waals surface area contributed by atoms with E-state index in [9.17, 15) is 9.59 Å². The number of aryl methyl sites for hydroxylation is 2. The van der Waals surface area contributed by atoms with Crippen molar-refractivity contribution < 1.29 is 0 Å². The van der Waals surface area contributed by atoms with Crippen molar-refractivity contribution in [1.29, 1.82) is 0 Å². The Morgan fingerprint density at radius 2 is 1.96 bits per heavy atom. The van der Waals surface area contributed by atoms with E-state index in [0.717, 1.165) is 35.1 Å². The normalized spacial score (nSPS) is 11.2. The van der Waals surface area contributed by atoms with Crippen LogP contribution in [-0.4, -0.2) is 25.2 Å². The first-order valence-corrected chi connectivity index (χ1v) is 7.94. The summed E-state index contributed by atoms with van der Waals surface area (Å²) < 4.78 is 4.69. The number of hydrogen-bond acceptors (Lipinski definition) is 4. The molecule has 24 heavy (non-hydrogen) atoms. The van der Waals surface area contributed by atoms with E-state index in [4.69, 9.17) is 0 Å². The van der Waals surface area contributed by atoms with E-state index < -0.39 is 0 Å². The van der Waals surface area contributed by atoms with Crippen LogP contribution in [0.4, 0.5) is 0 Å². The molecule has 0 amide bonds. The fraction of sp³-hybridized carbons (Fsp3) is 0.353. The van der Waals surface area contributed by atoms with Crippen molar-refractivity contribution >= 4 is 11.0 Å². The minimum absolute atomic E-state index is 0.244. The molecule has 0 spiro atoms. The van der Waals surface area contributed by atoms with Crippen LogP contribution < -0.4 is 16.6 Å². The van der Waals surface area contributed by atoms with Gasteiger partial charge in [-0.1, -0.05) is 12.1 Å². The lowest BCUT2D eigenvalue weighted by atomic mass is 10.3. The second-order valence-electron chi connectivity index (χ2n) is 5.87. The first-order chi connectivity index (χ1) is 11.6. The lowest BCUT2D eigenvalue weighted by Crippen LogP contribution is -2.39. The molecule has 0 radical (unpaired) electrons. The summed E-state index contributed by atoms with van der Waals surface area (Å²) in [5.41, 5.74) is 2.17. The van der Waals surface area contributed by atoms with Gasteiger partial charge in [-0.25, -0.2) is 9.78 Å². The lowest BCUT2D eigenvalue weighted by molar-refractivity contribution is 0.577. The number of hydrogen-bond donors (Lipinski definition) is 1. The second-order valence-corrected chi connectivity index (χ2v) is 5.87. The Labute approximate surface area is 139 Å².